The Bertz CT molecular complexity index is 396. The third kappa shape index (κ3) is 4.13. The minimum absolute atomic E-state index is 0.140. The van der Waals surface area contributed by atoms with E-state index in [4.69, 9.17) is 4.74 Å². The van der Waals surface area contributed by atoms with Crippen LogP contribution in [0.3, 0.4) is 0 Å². The summed E-state index contributed by atoms with van der Waals surface area (Å²) in [7, 11) is 0. The van der Waals surface area contributed by atoms with Gasteiger partial charge in [-0.05, 0) is 25.2 Å². The van der Waals surface area contributed by atoms with E-state index in [1.54, 1.807) is 0 Å². The van der Waals surface area contributed by atoms with Crippen molar-refractivity contribution in [3.63, 3.8) is 0 Å². The Balaban J connectivity index is 1.90. The molecule has 2 saturated heterocycles. The quantitative estimate of drug-likeness (QED) is 0.867. The average Bonchev–Trinajstić information content (AvgIpc) is 2.48. The van der Waals surface area contributed by atoms with Crippen LogP contribution in [0.4, 0.5) is 13.2 Å². The highest BCUT2D eigenvalue weighted by molar-refractivity contribution is 5.76. The molecule has 0 aliphatic carbocycles. The van der Waals surface area contributed by atoms with Gasteiger partial charge in [0, 0.05) is 38.6 Å². The van der Waals surface area contributed by atoms with Gasteiger partial charge in [0.05, 0.1) is 12.0 Å². The summed E-state index contributed by atoms with van der Waals surface area (Å²) >= 11 is 0. The molecule has 0 aromatic carbocycles. The third-order valence-electron chi connectivity index (χ3n) is 5.03. The summed E-state index contributed by atoms with van der Waals surface area (Å²) in [6, 6.07) is 0. The zero-order chi connectivity index (χ0) is 16.4. The molecule has 2 aliphatic rings. The predicted molar refractivity (Wildman–Crippen MR) is 74.1 cm³/mol. The Labute approximate surface area is 128 Å². The van der Waals surface area contributed by atoms with Gasteiger partial charge in [-0.2, -0.15) is 13.2 Å². The number of nitrogens with zero attached hydrogens (tertiary/aromatic N) is 1. The standard InChI is InChI=1S/C15H24F3NO3/c1-11-10-19(13(20)2-5-15(16,17)18)7-6-14(11,21)12-3-8-22-9-4-12/h11-12,21H,2-10H2,1H3. The van der Waals surface area contributed by atoms with Crippen LogP contribution in [0.2, 0.25) is 0 Å². The van der Waals surface area contributed by atoms with E-state index < -0.39 is 30.5 Å². The Kier molecular flexibility index (Phi) is 5.37. The minimum atomic E-state index is -4.31. The van der Waals surface area contributed by atoms with Crippen LogP contribution in [-0.2, 0) is 9.53 Å². The number of carbonyl (C=O) groups is 1. The van der Waals surface area contributed by atoms with E-state index in [0.29, 0.717) is 32.7 Å². The Morgan fingerprint density at radius 3 is 2.55 bits per heavy atom. The van der Waals surface area contributed by atoms with Crippen molar-refractivity contribution < 1.29 is 27.8 Å². The number of amides is 1. The average molecular weight is 323 g/mol. The van der Waals surface area contributed by atoms with Crippen molar-refractivity contribution in [1.82, 2.24) is 4.90 Å². The third-order valence-corrected chi connectivity index (χ3v) is 5.03. The SMILES string of the molecule is CC1CN(C(=O)CCC(F)(F)F)CCC1(O)C1CCOCC1. The summed E-state index contributed by atoms with van der Waals surface area (Å²) in [5, 5.41) is 10.9. The number of carbonyl (C=O) groups excluding carboxylic acids is 1. The molecule has 0 aromatic rings. The van der Waals surface area contributed by atoms with Crippen molar-refractivity contribution >= 4 is 5.91 Å². The Morgan fingerprint density at radius 2 is 2.00 bits per heavy atom. The maximum Gasteiger partial charge on any atom is 0.389 e. The number of alkyl halides is 3. The molecule has 0 bridgehead atoms. The van der Waals surface area contributed by atoms with Crippen molar-refractivity contribution in [2.24, 2.45) is 11.8 Å². The van der Waals surface area contributed by atoms with Crippen LogP contribution in [0, 0.1) is 11.8 Å². The second-order valence-electron chi connectivity index (χ2n) is 6.48. The van der Waals surface area contributed by atoms with Crippen LogP contribution in [-0.4, -0.2) is 54.0 Å². The number of halogens is 3. The Morgan fingerprint density at radius 1 is 1.36 bits per heavy atom. The lowest BCUT2D eigenvalue weighted by Crippen LogP contribution is -2.56. The summed E-state index contributed by atoms with van der Waals surface area (Å²) in [4.78, 5) is 13.4. The van der Waals surface area contributed by atoms with Gasteiger partial charge >= 0.3 is 6.18 Å². The molecule has 2 aliphatic heterocycles. The molecular formula is C15H24F3NO3. The van der Waals surface area contributed by atoms with Gasteiger partial charge in [0.25, 0.3) is 0 Å². The lowest BCUT2D eigenvalue weighted by atomic mass is 9.70. The fourth-order valence-corrected chi connectivity index (χ4v) is 3.58. The Hall–Kier alpha value is -0.820. The number of rotatable bonds is 3. The molecule has 7 heteroatoms. The molecular weight excluding hydrogens is 299 g/mol. The first-order valence-electron chi connectivity index (χ1n) is 7.87. The molecule has 0 radical (unpaired) electrons. The van der Waals surface area contributed by atoms with Crippen LogP contribution in [0.25, 0.3) is 0 Å². The molecule has 22 heavy (non-hydrogen) atoms. The molecule has 0 saturated carbocycles. The minimum Gasteiger partial charge on any atom is -0.389 e. The molecule has 1 amide bonds. The van der Waals surface area contributed by atoms with Gasteiger partial charge < -0.3 is 14.7 Å². The van der Waals surface area contributed by atoms with E-state index >= 15 is 0 Å². The molecule has 0 spiro atoms. The second kappa shape index (κ2) is 6.74. The number of hydrogen-bond donors (Lipinski definition) is 1. The zero-order valence-corrected chi connectivity index (χ0v) is 12.9. The van der Waals surface area contributed by atoms with Crippen LogP contribution < -0.4 is 0 Å². The lowest BCUT2D eigenvalue weighted by molar-refractivity contribution is -0.159. The molecule has 2 heterocycles. The smallest absolute Gasteiger partial charge is 0.389 e. The van der Waals surface area contributed by atoms with Crippen molar-refractivity contribution in [1.29, 1.82) is 0 Å². The monoisotopic (exact) mass is 323 g/mol. The van der Waals surface area contributed by atoms with E-state index in [-0.39, 0.29) is 11.8 Å². The molecule has 2 atom stereocenters. The second-order valence-corrected chi connectivity index (χ2v) is 6.48. The zero-order valence-electron chi connectivity index (χ0n) is 12.9. The normalized spacial score (nSPS) is 31.3. The first-order chi connectivity index (χ1) is 10.2. The van der Waals surface area contributed by atoms with Crippen molar-refractivity contribution in [3.05, 3.63) is 0 Å². The van der Waals surface area contributed by atoms with E-state index in [1.165, 1.54) is 4.90 Å². The lowest BCUT2D eigenvalue weighted by Gasteiger charge is -2.48. The summed E-state index contributed by atoms with van der Waals surface area (Å²) in [6.07, 6.45) is -3.88. The first kappa shape index (κ1) is 17.5. The number of piperidine rings is 1. The van der Waals surface area contributed by atoms with Gasteiger partial charge in [0.15, 0.2) is 0 Å². The van der Waals surface area contributed by atoms with Crippen molar-refractivity contribution in [3.8, 4) is 0 Å². The summed E-state index contributed by atoms with van der Waals surface area (Å²) in [5.74, 6) is -0.471. The van der Waals surface area contributed by atoms with Crippen molar-refractivity contribution in [2.45, 2.75) is 50.8 Å². The fraction of sp³-hybridized carbons (Fsp3) is 0.933. The maximum absolute atomic E-state index is 12.2. The molecule has 2 rings (SSSR count). The molecule has 2 unspecified atom stereocenters. The highest BCUT2D eigenvalue weighted by Gasteiger charge is 2.46. The number of aliphatic hydroxyl groups is 1. The summed E-state index contributed by atoms with van der Waals surface area (Å²) < 4.78 is 41.9. The van der Waals surface area contributed by atoms with E-state index in [2.05, 4.69) is 0 Å². The van der Waals surface area contributed by atoms with Gasteiger partial charge in [0.1, 0.15) is 0 Å². The van der Waals surface area contributed by atoms with Gasteiger partial charge in [-0.25, -0.2) is 0 Å². The topological polar surface area (TPSA) is 49.8 Å². The summed E-state index contributed by atoms with van der Waals surface area (Å²) in [5.41, 5.74) is -0.843. The molecule has 4 nitrogen and oxygen atoms in total. The van der Waals surface area contributed by atoms with Gasteiger partial charge in [0.2, 0.25) is 5.91 Å². The molecule has 2 fully saturated rings. The van der Waals surface area contributed by atoms with Crippen molar-refractivity contribution in [2.75, 3.05) is 26.3 Å². The van der Waals surface area contributed by atoms with E-state index in [0.717, 1.165) is 12.8 Å². The van der Waals surface area contributed by atoms with Crippen LogP contribution >= 0.6 is 0 Å². The number of hydrogen-bond acceptors (Lipinski definition) is 3. The number of ether oxygens (including phenoxy) is 1. The highest BCUT2D eigenvalue weighted by Crippen LogP contribution is 2.39. The van der Waals surface area contributed by atoms with Crippen LogP contribution in [0.15, 0.2) is 0 Å². The predicted octanol–water partition coefficient (Wildman–Crippen LogP) is 2.36. The van der Waals surface area contributed by atoms with E-state index in [9.17, 15) is 23.1 Å². The first-order valence-corrected chi connectivity index (χ1v) is 7.87. The van der Waals surface area contributed by atoms with Crippen LogP contribution in [0.1, 0.15) is 39.0 Å². The highest BCUT2D eigenvalue weighted by atomic mass is 19.4. The van der Waals surface area contributed by atoms with Gasteiger partial charge in [-0.1, -0.05) is 6.92 Å². The summed E-state index contributed by atoms with van der Waals surface area (Å²) in [6.45, 7) is 3.79. The van der Waals surface area contributed by atoms with Gasteiger partial charge in [-0.15, -0.1) is 0 Å². The number of likely N-dealkylation sites (tertiary alicyclic amines) is 1. The largest absolute Gasteiger partial charge is 0.389 e. The molecule has 0 aromatic heterocycles. The molecule has 1 N–H and O–H groups in total. The van der Waals surface area contributed by atoms with Crippen LogP contribution in [0.5, 0.6) is 0 Å². The maximum atomic E-state index is 12.2. The molecule has 128 valence electrons. The van der Waals surface area contributed by atoms with E-state index in [1.807, 2.05) is 6.92 Å². The van der Waals surface area contributed by atoms with Gasteiger partial charge in [-0.3, -0.25) is 4.79 Å². The fourth-order valence-electron chi connectivity index (χ4n) is 3.58.